The number of ketones is 1. The van der Waals surface area contributed by atoms with Crippen LogP contribution in [0, 0.1) is 5.92 Å². The van der Waals surface area contributed by atoms with E-state index >= 15 is 0 Å². The number of aromatic nitrogens is 2. The molecule has 61 heavy (non-hydrogen) atoms. The van der Waals surface area contributed by atoms with Gasteiger partial charge in [0.15, 0.2) is 5.78 Å². The minimum atomic E-state index is -0.889. The Hall–Kier alpha value is -4.76. The van der Waals surface area contributed by atoms with Crippen LogP contribution in [-0.4, -0.2) is 90.9 Å². The van der Waals surface area contributed by atoms with Crippen molar-refractivity contribution in [1.29, 1.82) is 0 Å². The van der Waals surface area contributed by atoms with Gasteiger partial charge in [0.05, 0.1) is 11.1 Å². The molecule has 4 heterocycles. The standard InChI is InChI=1S/C47H58ClN9O3S/c1-56-42(26-34-29-53-40-11-3-2-10-37(34)40)45(59)55-30-38-36(31-13-15-35(16-14-31)57-24-22-51-23-25-57)17-18-39(48)44(38)61-46-33(9-7-21-52-46)28-54-41(12-6-20-50)43(58)27-32(47(56)60)8-4-5-19-49/h2-3,7,9-11,13-18,21,29,32,41-42,51,53-54H,4-6,8,12,19-20,22-28,30,49-50H2,1H3,(H,55,59)/t32-,41+,42+/m1/s1. The molecule has 0 unspecified atom stereocenters. The molecule has 2 aliphatic rings. The van der Waals surface area contributed by atoms with E-state index in [1.54, 1.807) is 18.1 Å². The third-order valence-corrected chi connectivity index (χ3v) is 13.7. The Bertz CT molecular complexity index is 2280. The van der Waals surface area contributed by atoms with E-state index in [0.717, 1.165) is 86.9 Å². The third kappa shape index (κ3) is 10.8. The highest BCUT2D eigenvalue weighted by molar-refractivity contribution is 7.99. The summed E-state index contributed by atoms with van der Waals surface area (Å²) in [6.07, 6.45) is 6.99. The minimum absolute atomic E-state index is 0.0316. The van der Waals surface area contributed by atoms with Gasteiger partial charge in [-0.05, 0) is 96.9 Å². The molecular weight excluding hydrogens is 806 g/mol. The zero-order valence-electron chi connectivity index (χ0n) is 34.9. The molecule has 5 aromatic rings. The number of anilines is 1. The molecule has 0 saturated carbocycles. The number of pyridine rings is 1. The van der Waals surface area contributed by atoms with Crippen LogP contribution in [0.2, 0.25) is 5.02 Å². The molecule has 0 spiro atoms. The molecule has 2 amide bonds. The Kier molecular flexibility index (Phi) is 15.5. The topological polar surface area (TPSA) is 174 Å². The van der Waals surface area contributed by atoms with Crippen molar-refractivity contribution in [2.24, 2.45) is 17.4 Å². The fourth-order valence-electron chi connectivity index (χ4n) is 8.49. The van der Waals surface area contributed by atoms with Gasteiger partial charge in [-0.25, -0.2) is 4.98 Å². The first-order valence-electron chi connectivity index (χ1n) is 21.5. The maximum Gasteiger partial charge on any atom is 0.243 e. The first-order valence-corrected chi connectivity index (χ1v) is 22.7. The largest absolute Gasteiger partial charge is 0.369 e. The van der Waals surface area contributed by atoms with E-state index in [1.165, 1.54) is 11.8 Å². The Balaban J connectivity index is 1.32. The lowest BCUT2D eigenvalue weighted by Crippen LogP contribution is -2.51. The number of rotatable bonds is 11. The molecule has 12 nitrogen and oxygen atoms in total. The van der Waals surface area contributed by atoms with Crippen LogP contribution >= 0.6 is 23.4 Å². The van der Waals surface area contributed by atoms with Crippen molar-refractivity contribution in [3.8, 4) is 11.1 Å². The number of amides is 2. The van der Waals surface area contributed by atoms with Crippen LogP contribution in [0.4, 0.5) is 5.69 Å². The number of aromatic amines is 1. The predicted octanol–water partition coefficient (Wildman–Crippen LogP) is 6.05. The van der Waals surface area contributed by atoms with Crippen LogP contribution in [0.15, 0.2) is 95.1 Å². The number of nitrogens with two attached hydrogens (primary N) is 2. The summed E-state index contributed by atoms with van der Waals surface area (Å²) < 4.78 is 0. The van der Waals surface area contributed by atoms with Gasteiger partial charge < -0.3 is 42.2 Å². The lowest BCUT2D eigenvalue weighted by atomic mass is 9.90. The van der Waals surface area contributed by atoms with Crippen molar-refractivity contribution in [2.75, 3.05) is 51.2 Å². The second-order valence-electron chi connectivity index (χ2n) is 16.0. The van der Waals surface area contributed by atoms with Gasteiger partial charge in [0.2, 0.25) is 11.8 Å². The molecule has 1 saturated heterocycles. The van der Waals surface area contributed by atoms with E-state index in [1.807, 2.05) is 54.7 Å². The number of nitrogens with zero attached hydrogens (tertiary/aromatic N) is 3. The number of hydrogen-bond acceptors (Lipinski definition) is 10. The number of likely N-dealkylation sites (N-methyl/N-ethyl adjacent to an activating group) is 1. The van der Waals surface area contributed by atoms with E-state index in [0.29, 0.717) is 50.3 Å². The highest BCUT2D eigenvalue weighted by atomic mass is 35.5. The second kappa shape index (κ2) is 21.4. The molecule has 8 N–H and O–H groups in total. The number of H-pyrrole nitrogens is 1. The minimum Gasteiger partial charge on any atom is -0.369 e. The summed E-state index contributed by atoms with van der Waals surface area (Å²) in [7, 11) is 1.69. The number of halogens is 1. The molecule has 1 fully saturated rings. The predicted molar refractivity (Wildman–Crippen MR) is 246 cm³/mol. The van der Waals surface area contributed by atoms with Crippen molar-refractivity contribution >= 4 is 57.6 Å². The molecule has 7 rings (SSSR count). The zero-order chi connectivity index (χ0) is 42.7. The Labute approximate surface area is 367 Å². The Morgan fingerprint density at radius 2 is 1.67 bits per heavy atom. The zero-order valence-corrected chi connectivity index (χ0v) is 36.5. The van der Waals surface area contributed by atoms with Crippen molar-refractivity contribution in [1.82, 2.24) is 30.8 Å². The summed E-state index contributed by atoms with van der Waals surface area (Å²) >= 11 is 8.58. The molecule has 3 atom stereocenters. The highest BCUT2D eigenvalue weighted by Crippen LogP contribution is 2.41. The SMILES string of the molecule is CN1C(=O)[C@H](CCCCN)CC(=O)[C@H](CCCN)NCc2cccnc2Sc2c(Cl)ccc(-c3ccc(N4CCNCC4)cc3)c2CNC(=O)[C@@H]1Cc1c[nH]c2ccccc12. The number of hydrogen-bond donors (Lipinski definition) is 6. The summed E-state index contributed by atoms with van der Waals surface area (Å²) in [5.41, 5.74) is 18.5. The van der Waals surface area contributed by atoms with Gasteiger partial charge in [0.25, 0.3) is 0 Å². The van der Waals surface area contributed by atoms with E-state index in [-0.39, 0.29) is 37.0 Å². The smallest absolute Gasteiger partial charge is 0.243 e. The first-order chi connectivity index (χ1) is 29.7. The Morgan fingerprint density at radius 1 is 0.885 bits per heavy atom. The van der Waals surface area contributed by atoms with Gasteiger partial charge in [-0.2, -0.15) is 0 Å². The molecule has 0 aliphatic carbocycles. The fraction of sp³-hybridized carbons (Fsp3) is 0.404. The molecule has 322 valence electrons. The molecule has 0 bridgehead atoms. The summed E-state index contributed by atoms with van der Waals surface area (Å²) in [4.78, 5) is 56.8. The molecule has 0 radical (unpaired) electrons. The third-order valence-electron chi connectivity index (χ3n) is 12.0. The van der Waals surface area contributed by atoms with Gasteiger partial charge in [-0.1, -0.05) is 72.2 Å². The average molecular weight is 865 g/mol. The van der Waals surface area contributed by atoms with Crippen molar-refractivity contribution < 1.29 is 14.4 Å². The van der Waals surface area contributed by atoms with Crippen molar-refractivity contribution in [2.45, 2.75) is 80.0 Å². The van der Waals surface area contributed by atoms with Crippen molar-refractivity contribution in [3.63, 3.8) is 0 Å². The van der Waals surface area contributed by atoms with Crippen LogP contribution in [0.1, 0.15) is 55.2 Å². The second-order valence-corrected chi connectivity index (χ2v) is 17.4. The van der Waals surface area contributed by atoms with Crippen LogP contribution in [-0.2, 0) is 33.9 Å². The van der Waals surface area contributed by atoms with Crippen LogP contribution in [0.25, 0.3) is 22.0 Å². The highest BCUT2D eigenvalue weighted by Gasteiger charge is 2.35. The lowest BCUT2D eigenvalue weighted by molar-refractivity contribution is -0.143. The van der Waals surface area contributed by atoms with Gasteiger partial charge in [0.1, 0.15) is 11.1 Å². The van der Waals surface area contributed by atoms with Gasteiger partial charge in [-0.3, -0.25) is 14.4 Å². The Morgan fingerprint density at radius 3 is 2.46 bits per heavy atom. The lowest BCUT2D eigenvalue weighted by Gasteiger charge is -2.31. The van der Waals surface area contributed by atoms with Gasteiger partial charge >= 0.3 is 0 Å². The van der Waals surface area contributed by atoms with Crippen LogP contribution < -0.4 is 32.3 Å². The van der Waals surface area contributed by atoms with Crippen LogP contribution in [0.5, 0.6) is 0 Å². The maximum atomic E-state index is 14.9. The number of carbonyl (C=O) groups is 3. The van der Waals surface area contributed by atoms with E-state index < -0.39 is 18.0 Å². The number of unbranched alkanes of at least 4 members (excludes halogenated alkanes) is 1. The average Bonchev–Trinajstić information content (AvgIpc) is 3.70. The summed E-state index contributed by atoms with van der Waals surface area (Å²) in [5.74, 6) is -1.26. The first kappa shape index (κ1) is 44.3. The number of nitrogens with one attached hydrogen (secondary N) is 4. The molecule has 3 aromatic carbocycles. The molecule has 2 aromatic heterocycles. The maximum absolute atomic E-state index is 14.9. The number of piperazine rings is 1. The van der Waals surface area contributed by atoms with E-state index in [4.69, 9.17) is 28.1 Å². The summed E-state index contributed by atoms with van der Waals surface area (Å²) in [5, 5.41) is 12.5. The number of Topliss-reactive ketones (excluding diaryl/α,β-unsaturated/α-hetero) is 1. The quantitative estimate of drug-likeness (QED) is 0.0860. The number of para-hydroxylation sites is 1. The molecule has 14 heteroatoms. The van der Waals surface area contributed by atoms with Crippen molar-refractivity contribution in [3.05, 3.63) is 107 Å². The fourth-order valence-corrected chi connectivity index (χ4v) is 9.83. The van der Waals surface area contributed by atoms with Gasteiger partial charge in [-0.15, -0.1) is 0 Å². The summed E-state index contributed by atoms with van der Waals surface area (Å²) in [6.45, 7) is 5.18. The normalized spacial score (nSPS) is 19.7. The van der Waals surface area contributed by atoms with E-state index in [9.17, 15) is 14.4 Å². The number of fused-ring (bicyclic) bond motifs is 3. The molecule has 2 aliphatic heterocycles. The van der Waals surface area contributed by atoms with E-state index in [2.05, 4.69) is 50.1 Å². The monoisotopic (exact) mass is 863 g/mol. The number of benzene rings is 3. The van der Waals surface area contributed by atoms with Gasteiger partial charge in [0, 0.05) is 99.0 Å². The van der Waals surface area contributed by atoms with Crippen LogP contribution in [0.3, 0.4) is 0 Å². The number of carbonyl (C=O) groups excluding carboxylic acids is 3. The molecular formula is C47H58ClN9O3S. The summed E-state index contributed by atoms with van der Waals surface area (Å²) in [6, 6.07) is 22.9.